The number of rotatable bonds is 5. The number of benzene rings is 1. The van der Waals surface area contributed by atoms with Crippen molar-refractivity contribution in [2.45, 2.75) is 51.5 Å². The van der Waals surface area contributed by atoms with E-state index in [0.29, 0.717) is 23.2 Å². The number of aliphatic carboxylic acids is 1. The number of nitrogens with two attached hydrogens (primary N) is 1. The third-order valence-corrected chi connectivity index (χ3v) is 4.97. The van der Waals surface area contributed by atoms with E-state index >= 15 is 0 Å². The first-order chi connectivity index (χ1) is 12.0. The molecule has 1 atom stereocenters. The smallest absolute Gasteiger partial charge is 0.304 e. The lowest BCUT2D eigenvalue weighted by molar-refractivity contribution is -0.137. The van der Waals surface area contributed by atoms with Crippen molar-refractivity contribution >= 4 is 22.8 Å². The summed E-state index contributed by atoms with van der Waals surface area (Å²) in [5.41, 5.74) is 9.16. The highest BCUT2D eigenvalue weighted by Gasteiger charge is 2.31. The fourth-order valence-electron chi connectivity index (χ4n) is 4.13. The van der Waals surface area contributed by atoms with Gasteiger partial charge in [0.2, 0.25) is 0 Å². The summed E-state index contributed by atoms with van der Waals surface area (Å²) in [4.78, 5) is 23.3. The van der Waals surface area contributed by atoms with Gasteiger partial charge >= 0.3 is 5.97 Å². The lowest BCUT2D eigenvalue weighted by Crippen LogP contribution is -2.18. The SMILES string of the molecule is CCCn1c2c(c3c(C#N)ccc(C(N)=O)c31)CCCC2CC(=O)O. The first-order valence-electron chi connectivity index (χ1n) is 8.59. The topological polar surface area (TPSA) is 109 Å². The van der Waals surface area contributed by atoms with Gasteiger partial charge in [-0.1, -0.05) is 6.92 Å². The van der Waals surface area contributed by atoms with Crippen LogP contribution in [0.1, 0.15) is 65.7 Å². The van der Waals surface area contributed by atoms with Crippen LogP contribution in [0.25, 0.3) is 10.9 Å². The van der Waals surface area contributed by atoms with E-state index in [1.54, 1.807) is 12.1 Å². The second-order valence-corrected chi connectivity index (χ2v) is 6.56. The average Bonchev–Trinajstić information content (AvgIpc) is 2.90. The van der Waals surface area contributed by atoms with Crippen molar-refractivity contribution in [3.63, 3.8) is 0 Å². The zero-order valence-electron chi connectivity index (χ0n) is 14.2. The average molecular weight is 339 g/mol. The molecule has 1 aromatic carbocycles. The van der Waals surface area contributed by atoms with Crippen LogP contribution in [-0.2, 0) is 17.8 Å². The lowest BCUT2D eigenvalue weighted by atomic mass is 9.84. The number of carboxylic acids is 1. The van der Waals surface area contributed by atoms with Gasteiger partial charge in [0, 0.05) is 23.5 Å². The van der Waals surface area contributed by atoms with Crippen molar-refractivity contribution in [3.8, 4) is 6.07 Å². The number of carbonyl (C=O) groups excluding carboxylic acids is 1. The van der Waals surface area contributed by atoms with Crippen LogP contribution < -0.4 is 5.73 Å². The predicted octanol–water partition coefficient (Wildman–Crippen LogP) is 2.92. The van der Waals surface area contributed by atoms with Crippen LogP contribution in [0.2, 0.25) is 0 Å². The molecule has 130 valence electrons. The monoisotopic (exact) mass is 339 g/mol. The molecule has 1 aromatic heterocycles. The first-order valence-corrected chi connectivity index (χ1v) is 8.59. The molecule has 6 nitrogen and oxygen atoms in total. The maximum Gasteiger partial charge on any atom is 0.304 e. The summed E-state index contributed by atoms with van der Waals surface area (Å²) in [6.07, 6.45) is 3.36. The molecule has 1 amide bonds. The summed E-state index contributed by atoms with van der Waals surface area (Å²) < 4.78 is 2.04. The van der Waals surface area contributed by atoms with Crippen LogP contribution in [0.3, 0.4) is 0 Å². The molecule has 2 aromatic rings. The number of amides is 1. The van der Waals surface area contributed by atoms with Gasteiger partial charge in [-0.3, -0.25) is 9.59 Å². The second kappa shape index (κ2) is 6.60. The van der Waals surface area contributed by atoms with Crippen molar-refractivity contribution in [2.75, 3.05) is 0 Å². The van der Waals surface area contributed by atoms with E-state index in [1.165, 1.54) is 0 Å². The number of carboxylic acid groups (broad SMARTS) is 1. The molecule has 25 heavy (non-hydrogen) atoms. The Bertz CT molecular complexity index is 905. The van der Waals surface area contributed by atoms with Crippen LogP contribution in [0, 0.1) is 11.3 Å². The van der Waals surface area contributed by atoms with Crippen LogP contribution >= 0.6 is 0 Å². The third-order valence-electron chi connectivity index (χ3n) is 4.97. The van der Waals surface area contributed by atoms with Crippen LogP contribution in [-0.4, -0.2) is 21.6 Å². The van der Waals surface area contributed by atoms with Gasteiger partial charge in [-0.25, -0.2) is 0 Å². The number of primary amides is 1. The fraction of sp³-hybridized carbons (Fsp3) is 0.421. The maximum atomic E-state index is 12.0. The predicted molar refractivity (Wildman–Crippen MR) is 93.4 cm³/mol. The van der Waals surface area contributed by atoms with Gasteiger partial charge in [-0.15, -0.1) is 0 Å². The van der Waals surface area contributed by atoms with Gasteiger partial charge in [0.1, 0.15) is 0 Å². The highest BCUT2D eigenvalue weighted by atomic mass is 16.4. The molecule has 1 aliphatic rings. The zero-order valence-corrected chi connectivity index (χ0v) is 14.2. The van der Waals surface area contributed by atoms with E-state index in [9.17, 15) is 20.0 Å². The number of fused-ring (bicyclic) bond motifs is 3. The van der Waals surface area contributed by atoms with E-state index in [-0.39, 0.29) is 12.3 Å². The first kappa shape index (κ1) is 17.0. The molecule has 6 heteroatoms. The lowest BCUT2D eigenvalue weighted by Gasteiger charge is -2.24. The Hall–Kier alpha value is -2.81. The summed E-state index contributed by atoms with van der Waals surface area (Å²) in [6, 6.07) is 5.46. The van der Waals surface area contributed by atoms with E-state index in [0.717, 1.165) is 42.3 Å². The largest absolute Gasteiger partial charge is 0.481 e. The quantitative estimate of drug-likeness (QED) is 0.872. The van der Waals surface area contributed by atoms with Crippen molar-refractivity contribution in [1.29, 1.82) is 5.26 Å². The molecule has 0 bridgehead atoms. The third kappa shape index (κ3) is 2.76. The fourth-order valence-corrected chi connectivity index (χ4v) is 4.13. The molecule has 3 N–H and O–H groups in total. The molecule has 0 radical (unpaired) electrons. The highest BCUT2D eigenvalue weighted by Crippen LogP contribution is 2.42. The molecule has 0 spiro atoms. The van der Waals surface area contributed by atoms with E-state index < -0.39 is 11.9 Å². The van der Waals surface area contributed by atoms with Crippen molar-refractivity contribution < 1.29 is 14.7 Å². The standard InChI is InChI=1S/C19H21N3O3/c1-2-8-22-17-11(9-15(23)24)4-3-5-13(17)16-12(10-20)6-7-14(18(16)22)19(21)25/h6-7,11H,2-5,8-9H2,1H3,(H2,21,25)(H,23,24). The molecule has 0 fully saturated rings. The molecule has 1 aliphatic carbocycles. The Morgan fingerprint density at radius 1 is 1.44 bits per heavy atom. The number of nitriles is 1. The van der Waals surface area contributed by atoms with Gasteiger partial charge in [-0.2, -0.15) is 5.26 Å². The normalized spacial score (nSPS) is 16.4. The number of carbonyl (C=O) groups is 2. The van der Waals surface area contributed by atoms with Crippen molar-refractivity contribution in [3.05, 3.63) is 34.5 Å². The van der Waals surface area contributed by atoms with E-state index in [1.807, 2.05) is 11.5 Å². The Kier molecular flexibility index (Phi) is 4.49. The van der Waals surface area contributed by atoms with E-state index in [4.69, 9.17) is 5.73 Å². The Balaban J connectivity index is 2.41. The number of nitrogens with zero attached hydrogens (tertiary/aromatic N) is 2. The summed E-state index contributed by atoms with van der Waals surface area (Å²) in [5, 5.41) is 19.6. The molecular weight excluding hydrogens is 318 g/mol. The Morgan fingerprint density at radius 3 is 2.80 bits per heavy atom. The highest BCUT2D eigenvalue weighted by molar-refractivity contribution is 6.08. The molecule has 0 saturated heterocycles. The van der Waals surface area contributed by atoms with Gasteiger partial charge < -0.3 is 15.4 Å². The van der Waals surface area contributed by atoms with Crippen LogP contribution in [0.15, 0.2) is 12.1 Å². The Labute approximate surface area is 145 Å². The minimum Gasteiger partial charge on any atom is -0.481 e. The molecule has 3 rings (SSSR count). The van der Waals surface area contributed by atoms with Gasteiger partial charge in [0.05, 0.1) is 29.1 Å². The van der Waals surface area contributed by atoms with Gasteiger partial charge in [0.25, 0.3) is 5.91 Å². The van der Waals surface area contributed by atoms with E-state index in [2.05, 4.69) is 6.07 Å². The summed E-state index contributed by atoms with van der Waals surface area (Å²) in [6.45, 7) is 2.70. The summed E-state index contributed by atoms with van der Waals surface area (Å²) in [5.74, 6) is -1.47. The van der Waals surface area contributed by atoms with Crippen molar-refractivity contribution in [2.24, 2.45) is 5.73 Å². The zero-order chi connectivity index (χ0) is 18.1. The van der Waals surface area contributed by atoms with Gasteiger partial charge in [-0.05, 0) is 43.4 Å². The van der Waals surface area contributed by atoms with Crippen molar-refractivity contribution in [1.82, 2.24) is 4.57 Å². The minimum absolute atomic E-state index is 0.0564. The van der Waals surface area contributed by atoms with Crippen LogP contribution in [0.4, 0.5) is 0 Å². The molecule has 1 heterocycles. The summed E-state index contributed by atoms with van der Waals surface area (Å²) >= 11 is 0. The second-order valence-electron chi connectivity index (χ2n) is 6.56. The van der Waals surface area contributed by atoms with Crippen LogP contribution in [0.5, 0.6) is 0 Å². The molecular formula is C19H21N3O3. The van der Waals surface area contributed by atoms with Gasteiger partial charge in [0.15, 0.2) is 0 Å². The molecule has 1 unspecified atom stereocenters. The number of aromatic nitrogens is 1. The maximum absolute atomic E-state index is 12.0. The number of hydrogen-bond donors (Lipinski definition) is 2. The number of aryl methyl sites for hydroxylation is 2. The Morgan fingerprint density at radius 2 is 2.20 bits per heavy atom. The molecule has 0 saturated carbocycles. The molecule has 0 aliphatic heterocycles. The number of hydrogen-bond acceptors (Lipinski definition) is 3. The minimum atomic E-state index is -0.832. The summed E-state index contributed by atoms with van der Waals surface area (Å²) in [7, 11) is 0.